The SMILES string of the molecule is CC(C)(C=CC(N)Cc1c[nH]c2ccccc12)C(N)=O. The van der Waals surface area contributed by atoms with Crippen molar-refractivity contribution in [1.29, 1.82) is 0 Å². The van der Waals surface area contributed by atoms with Crippen LogP contribution in [-0.4, -0.2) is 16.9 Å². The fraction of sp³-hybridized carbons (Fsp3) is 0.312. The molecule has 1 unspecified atom stereocenters. The van der Waals surface area contributed by atoms with Crippen LogP contribution in [0.15, 0.2) is 42.6 Å². The van der Waals surface area contributed by atoms with Crippen molar-refractivity contribution in [2.45, 2.75) is 26.3 Å². The topological polar surface area (TPSA) is 84.9 Å². The van der Waals surface area contributed by atoms with E-state index in [9.17, 15) is 4.79 Å². The quantitative estimate of drug-likeness (QED) is 0.727. The molecule has 0 spiro atoms. The molecule has 106 valence electrons. The first-order valence-electron chi connectivity index (χ1n) is 6.70. The molecular weight excluding hydrogens is 250 g/mol. The van der Waals surface area contributed by atoms with Crippen LogP contribution in [0, 0.1) is 5.41 Å². The summed E-state index contributed by atoms with van der Waals surface area (Å²) in [5.41, 5.74) is 13.1. The summed E-state index contributed by atoms with van der Waals surface area (Å²) < 4.78 is 0. The van der Waals surface area contributed by atoms with Gasteiger partial charge in [0.2, 0.25) is 5.91 Å². The van der Waals surface area contributed by atoms with Crippen molar-refractivity contribution in [2.75, 3.05) is 0 Å². The molecule has 0 bridgehead atoms. The number of carbonyl (C=O) groups is 1. The number of aromatic nitrogens is 1. The molecule has 0 aliphatic heterocycles. The van der Waals surface area contributed by atoms with E-state index in [1.165, 1.54) is 10.9 Å². The fourth-order valence-corrected chi connectivity index (χ4v) is 2.07. The second kappa shape index (κ2) is 5.51. The standard InChI is InChI=1S/C16H21N3O/c1-16(2,15(18)20)8-7-12(17)9-11-10-19-14-6-4-3-5-13(11)14/h3-8,10,12,19H,9,17H2,1-2H3,(H2,18,20). The van der Waals surface area contributed by atoms with E-state index in [1.54, 1.807) is 19.9 Å². The Morgan fingerprint density at radius 3 is 2.80 bits per heavy atom. The summed E-state index contributed by atoms with van der Waals surface area (Å²) >= 11 is 0. The number of nitrogens with two attached hydrogens (primary N) is 2. The predicted molar refractivity (Wildman–Crippen MR) is 82.1 cm³/mol. The highest BCUT2D eigenvalue weighted by Gasteiger charge is 2.21. The maximum atomic E-state index is 11.3. The zero-order valence-electron chi connectivity index (χ0n) is 11.9. The number of hydrogen-bond acceptors (Lipinski definition) is 2. The van der Waals surface area contributed by atoms with Crippen LogP contribution in [0.4, 0.5) is 0 Å². The highest BCUT2D eigenvalue weighted by atomic mass is 16.1. The average Bonchev–Trinajstić information content (AvgIpc) is 2.80. The lowest BCUT2D eigenvalue weighted by atomic mass is 9.91. The van der Waals surface area contributed by atoms with E-state index in [0.29, 0.717) is 0 Å². The lowest BCUT2D eigenvalue weighted by Crippen LogP contribution is -2.30. The van der Waals surface area contributed by atoms with E-state index in [2.05, 4.69) is 11.1 Å². The molecule has 2 rings (SSSR count). The number of aromatic amines is 1. The maximum Gasteiger partial charge on any atom is 0.226 e. The molecule has 4 nitrogen and oxygen atoms in total. The largest absolute Gasteiger partial charge is 0.369 e. The second-order valence-corrected chi connectivity index (χ2v) is 5.67. The van der Waals surface area contributed by atoms with Crippen LogP contribution in [0.2, 0.25) is 0 Å². The van der Waals surface area contributed by atoms with Crippen molar-refractivity contribution in [3.8, 4) is 0 Å². The fourth-order valence-electron chi connectivity index (χ4n) is 2.07. The van der Waals surface area contributed by atoms with Gasteiger partial charge in [0.05, 0.1) is 5.41 Å². The number of primary amides is 1. The van der Waals surface area contributed by atoms with Crippen molar-refractivity contribution in [3.05, 3.63) is 48.2 Å². The number of carbonyl (C=O) groups excluding carboxylic acids is 1. The van der Waals surface area contributed by atoms with E-state index < -0.39 is 5.41 Å². The Morgan fingerprint density at radius 1 is 1.40 bits per heavy atom. The van der Waals surface area contributed by atoms with Gasteiger partial charge in [0.15, 0.2) is 0 Å². The smallest absolute Gasteiger partial charge is 0.226 e. The van der Waals surface area contributed by atoms with E-state index in [0.717, 1.165) is 11.9 Å². The highest BCUT2D eigenvalue weighted by molar-refractivity contribution is 5.83. The molecule has 5 N–H and O–H groups in total. The van der Waals surface area contributed by atoms with Crippen LogP contribution in [0.3, 0.4) is 0 Å². The van der Waals surface area contributed by atoms with Gasteiger partial charge in [-0.1, -0.05) is 30.4 Å². The number of para-hydroxylation sites is 1. The minimum absolute atomic E-state index is 0.146. The molecule has 20 heavy (non-hydrogen) atoms. The van der Waals surface area contributed by atoms with Crippen LogP contribution >= 0.6 is 0 Å². The minimum Gasteiger partial charge on any atom is -0.369 e. The molecule has 1 heterocycles. The summed E-state index contributed by atoms with van der Waals surface area (Å²) in [4.78, 5) is 14.5. The van der Waals surface area contributed by atoms with Gasteiger partial charge in [-0.3, -0.25) is 4.79 Å². The zero-order chi connectivity index (χ0) is 14.8. The zero-order valence-corrected chi connectivity index (χ0v) is 11.9. The molecular formula is C16H21N3O. The number of hydrogen-bond donors (Lipinski definition) is 3. The van der Waals surface area contributed by atoms with Crippen molar-refractivity contribution in [2.24, 2.45) is 16.9 Å². The minimum atomic E-state index is -0.669. The van der Waals surface area contributed by atoms with Crippen LogP contribution in [-0.2, 0) is 11.2 Å². The van der Waals surface area contributed by atoms with Crippen LogP contribution in [0.25, 0.3) is 10.9 Å². The normalized spacial score (nSPS) is 13.9. The lowest BCUT2D eigenvalue weighted by Gasteiger charge is -2.16. The number of rotatable bonds is 5. The Labute approximate surface area is 118 Å². The van der Waals surface area contributed by atoms with Crippen molar-refractivity contribution >= 4 is 16.8 Å². The third-order valence-electron chi connectivity index (χ3n) is 3.53. The lowest BCUT2D eigenvalue weighted by molar-refractivity contribution is -0.123. The molecule has 0 aliphatic rings. The molecule has 1 aromatic heterocycles. The third-order valence-corrected chi connectivity index (χ3v) is 3.53. The van der Waals surface area contributed by atoms with Crippen LogP contribution in [0.5, 0.6) is 0 Å². The number of benzene rings is 1. The Kier molecular flexibility index (Phi) is 3.95. The molecule has 1 amide bonds. The first-order valence-corrected chi connectivity index (χ1v) is 6.70. The molecule has 0 aliphatic carbocycles. The van der Waals surface area contributed by atoms with Gasteiger partial charge in [-0.25, -0.2) is 0 Å². The van der Waals surface area contributed by atoms with E-state index >= 15 is 0 Å². The first kappa shape index (κ1) is 14.3. The summed E-state index contributed by atoms with van der Waals surface area (Å²) in [5, 5.41) is 1.19. The van der Waals surface area contributed by atoms with Crippen molar-refractivity contribution < 1.29 is 4.79 Å². The summed E-state index contributed by atoms with van der Waals surface area (Å²) in [6.07, 6.45) is 6.34. The van der Waals surface area contributed by atoms with Gasteiger partial charge in [-0.2, -0.15) is 0 Å². The van der Waals surface area contributed by atoms with E-state index in [1.807, 2.05) is 30.5 Å². The van der Waals surface area contributed by atoms with Gasteiger partial charge >= 0.3 is 0 Å². The summed E-state index contributed by atoms with van der Waals surface area (Å²) in [6, 6.07) is 7.98. The monoisotopic (exact) mass is 271 g/mol. The van der Waals surface area contributed by atoms with Crippen molar-refractivity contribution in [1.82, 2.24) is 4.98 Å². The summed E-state index contributed by atoms with van der Waals surface area (Å²) in [7, 11) is 0. The van der Waals surface area contributed by atoms with E-state index in [-0.39, 0.29) is 11.9 Å². The molecule has 1 aromatic carbocycles. The molecule has 0 saturated carbocycles. The molecule has 1 atom stereocenters. The molecule has 0 saturated heterocycles. The number of nitrogens with one attached hydrogen (secondary N) is 1. The van der Waals surface area contributed by atoms with Gasteiger partial charge in [0, 0.05) is 23.1 Å². The number of amides is 1. The molecule has 0 radical (unpaired) electrons. The van der Waals surface area contributed by atoms with Crippen LogP contribution in [0.1, 0.15) is 19.4 Å². The summed E-state index contributed by atoms with van der Waals surface area (Å²) in [5.74, 6) is -0.354. The van der Waals surface area contributed by atoms with Crippen LogP contribution < -0.4 is 11.5 Å². The van der Waals surface area contributed by atoms with E-state index in [4.69, 9.17) is 11.5 Å². The molecule has 0 fully saturated rings. The van der Waals surface area contributed by atoms with Gasteiger partial charge in [-0.15, -0.1) is 0 Å². The highest BCUT2D eigenvalue weighted by Crippen LogP contribution is 2.20. The maximum absolute atomic E-state index is 11.3. The second-order valence-electron chi connectivity index (χ2n) is 5.67. The first-order chi connectivity index (χ1) is 9.40. The summed E-state index contributed by atoms with van der Waals surface area (Å²) in [6.45, 7) is 3.56. The molecule has 4 heteroatoms. The Balaban J connectivity index is 2.10. The Bertz CT molecular complexity index is 640. The average molecular weight is 271 g/mol. The molecule has 2 aromatic rings. The predicted octanol–water partition coefficient (Wildman–Crippen LogP) is 2.11. The number of H-pyrrole nitrogens is 1. The number of fused-ring (bicyclic) bond motifs is 1. The Morgan fingerprint density at radius 2 is 2.10 bits per heavy atom. The van der Waals surface area contributed by atoms with Gasteiger partial charge in [-0.05, 0) is 31.9 Å². The Hall–Kier alpha value is -2.07. The third kappa shape index (κ3) is 3.08. The van der Waals surface area contributed by atoms with Gasteiger partial charge in [0.25, 0.3) is 0 Å². The van der Waals surface area contributed by atoms with Gasteiger partial charge in [0.1, 0.15) is 0 Å². The van der Waals surface area contributed by atoms with Gasteiger partial charge < -0.3 is 16.5 Å². The van der Waals surface area contributed by atoms with Crippen molar-refractivity contribution in [3.63, 3.8) is 0 Å².